The molecule has 0 aliphatic heterocycles. The van der Waals surface area contributed by atoms with Crippen molar-refractivity contribution < 1.29 is 28.5 Å². The van der Waals surface area contributed by atoms with Crippen molar-refractivity contribution in [2.24, 2.45) is 0 Å². The zero-order valence-corrected chi connectivity index (χ0v) is 15.3. The minimum absolute atomic E-state index is 0.193. The van der Waals surface area contributed by atoms with Crippen molar-refractivity contribution in [3.05, 3.63) is 53.6 Å². The van der Waals surface area contributed by atoms with Gasteiger partial charge in [-0.05, 0) is 56.3 Å². The first-order valence-electron chi connectivity index (χ1n) is 8.20. The molecular formula is C20H22O6. The van der Waals surface area contributed by atoms with Gasteiger partial charge < -0.3 is 18.9 Å². The maximum Gasteiger partial charge on any atom is 0.342 e. The van der Waals surface area contributed by atoms with E-state index in [4.69, 9.17) is 18.9 Å². The van der Waals surface area contributed by atoms with Crippen LogP contribution in [-0.2, 0) is 4.74 Å². The molecule has 0 heterocycles. The fourth-order valence-corrected chi connectivity index (χ4v) is 2.37. The van der Waals surface area contributed by atoms with Crippen molar-refractivity contribution in [3.63, 3.8) is 0 Å². The number of esters is 1. The van der Waals surface area contributed by atoms with E-state index in [0.717, 1.165) is 0 Å². The smallest absolute Gasteiger partial charge is 0.342 e. The van der Waals surface area contributed by atoms with E-state index in [0.29, 0.717) is 29.4 Å². The molecule has 0 aromatic heterocycles. The normalized spacial score (nSPS) is 11.4. The molecule has 0 amide bonds. The van der Waals surface area contributed by atoms with E-state index in [1.807, 2.05) is 6.92 Å². The number of carbonyl (C=O) groups is 2. The molecule has 0 radical (unpaired) electrons. The van der Waals surface area contributed by atoms with Gasteiger partial charge in [0.05, 0.1) is 20.8 Å². The van der Waals surface area contributed by atoms with Gasteiger partial charge in [-0.25, -0.2) is 4.79 Å². The lowest BCUT2D eigenvalue weighted by Crippen LogP contribution is -2.24. The molecule has 138 valence electrons. The van der Waals surface area contributed by atoms with Crippen molar-refractivity contribution in [2.75, 3.05) is 20.8 Å². The van der Waals surface area contributed by atoms with Crippen molar-refractivity contribution in [1.82, 2.24) is 0 Å². The molecule has 2 aromatic carbocycles. The summed E-state index contributed by atoms with van der Waals surface area (Å²) in [6.07, 6.45) is -0.948. The fourth-order valence-electron chi connectivity index (χ4n) is 2.37. The van der Waals surface area contributed by atoms with Crippen LogP contribution in [0.5, 0.6) is 17.2 Å². The largest absolute Gasteiger partial charge is 0.497 e. The van der Waals surface area contributed by atoms with E-state index in [9.17, 15) is 9.59 Å². The number of hydrogen-bond donors (Lipinski definition) is 0. The second-order valence-electron chi connectivity index (χ2n) is 5.44. The van der Waals surface area contributed by atoms with Crippen LogP contribution >= 0.6 is 0 Å². The molecule has 0 N–H and O–H groups in total. The molecule has 0 aliphatic carbocycles. The molecule has 2 aromatic rings. The van der Waals surface area contributed by atoms with Crippen LogP contribution in [-0.4, -0.2) is 38.7 Å². The molecule has 0 saturated heterocycles. The summed E-state index contributed by atoms with van der Waals surface area (Å²) in [7, 11) is 2.95. The lowest BCUT2D eigenvalue weighted by Gasteiger charge is -2.15. The van der Waals surface area contributed by atoms with E-state index in [1.165, 1.54) is 27.2 Å². The van der Waals surface area contributed by atoms with Gasteiger partial charge in [-0.2, -0.15) is 0 Å². The second kappa shape index (κ2) is 8.89. The number of ketones is 1. The topological polar surface area (TPSA) is 71.1 Å². The Morgan fingerprint density at radius 1 is 0.962 bits per heavy atom. The standard InChI is InChI=1S/C20H22O6/c1-5-25-15-8-6-14(7-9-15)19(21)13(2)26-20(22)17-12-16(23-3)10-11-18(17)24-4/h6-13H,5H2,1-4H3/t13-/m0/s1. The highest BCUT2D eigenvalue weighted by molar-refractivity contribution is 6.02. The van der Waals surface area contributed by atoms with Gasteiger partial charge in [0.1, 0.15) is 22.8 Å². The number of ether oxygens (including phenoxy) is 4. The third-order valence-electron chi connectivity index (χ3n) is 3.73. The summed E-state index contributed by atoms with van der Waals surface area (Å²) < 4.78 is 21.0. The Bertz CT molecular complexity index is 766. The van der Waals surface area contributed by atoms with Crippen LogP contribution in [0.3, 0.4) is 0 Å². The van der Waals surface area contributed by atoms with Crippen LogP contribution in [0.1, 0.15) is 34.6 Å². The van der Waals surface area contributed by atoms with E-state index in [1.54, 1.807) is 36.4 Å². The van der Waals surface area contributed by atoms with Crippen LogP contribution in [0.2, 0.25) is 0 Å². The van der Waals surface area contributed by atoms with E-state index in [-0.39, 0.29) is 11.3 Å². The molecule has 1 atom stereocenters. The summed E-state index contributed by atoms with van der Waals surface area (Å²) in [5.41, 5.74) is 0.629. The van der Waals surface area contributed by atoms with Gasteiger partial charge in [0.2, 0.25) is 5.78 Å². The van der Waals surface area contributed by atoms with Crippen LogP contribution in [0.15, 0.2) is 42.5 Å². The number of rotatable bonds is 8. The summed E-state index contributed by atoms with van der Waals surface area (Å²) in [6, 6.07) is 11.5. The predicted molar refractivity (Wildman–Crippen MR) is 96.4 cm³/mol. The second-order valence-corrected chi connectivity index (χ2v) is 5.44. The zero-order valence-electron chi connectivity index (χ0n) is 15.3. The third kappa shape index (κ3) is 4.53. The van der Waals surface area contributed by atoms with Crippen LogP contribution in [0.4, 0.5) is 0 Å². The lowest BCUT2D eigenvalue weighted by atomic mass is 10.1. The molecular weight excluding hydrogens is 336 g/mol. The number of hydrogen-bond acceptors (Lipinski definition) is 6. The molecule has 0 unspecified atom stereocenters. The fraction of sp³-hybridized carbons (Fsp3) is 0.300. The van der Waals surface area contributed by atoms with Crippen molar-refractivity contribution in [1.29, 1.82) is 0 Å². The Morgan fingerprint density at radius 2 is 1.62 bits per heavy atom. The van der Waals surface area contributed by atoms with Gasteiger partial charge in [-0.1, -0.05) is 0 Å². The van der Waals surface area contributed by atoms with Crippen molar-refractivity contribution in [3.8, 4) is 17.2 Å². The van der Waals surface area contributed by atoms with Crippen LogP contribution in [0.25, 0.3) is 0 Å². The average Bonchev–Trinajstić information content (AvgIpc) is 2.67. The number of benzene rings is 2. The number of carbonyl (C=O) groups excluding carboxylic acids is 2. The highest BCUT2D eigenvalue weighted by Gasteiger charge is 2.23. The molecule has 0 bridgehead atoms. The SMILES string of the molecule is CCOc1ccc(C(=O)[C@H](C)OC(=O)c2cc(OC)ccc2OC)cc1. The van der Waals surface area contributed by atoms with Gasteiger partial charge in [-0.15, -0.1) is 0 Å². The summed E-state index contributed by atoms with van der Waals surface area (Å²) in [5.74, 6) is 0.547. The highest BCUT2D eigenvalue weighted by Crippen LogP contribution is 2.25. The Morgan fingerprint density at radius 3 is 2.19 bits per heavy atom. The molecule has 2 rings (SSSR count). The predicted octanol–water partition coefficient (Wildman–Crippen LogP) is 3.53. The van der Waals surface area contributed by atoms with E-state index >= 15 is 0 Å². The quantitative estimate of drug-likeness (QED) is 0.531. The Balaban J connectivity index is 2.12. The van der Waals surface area contributed by atoms with Gasteiger partial charge in [0, 0.05) is 5.56 Å². The van der Waals surface area contributed by atoms with Gasteiger partial charge in [0.15, 0.2) is 6.10 Å². The van der Waals surface area contributed by atoms with Gasteiger partial charge in [0.25, 0.3) is 0 Å². The minimum atomic E-state index is -0.948. The van der Waals surface area contributed by atoms with Crippen LogP contribution in [0, 0.1) is 0 Å². The van der Waals surface area contributed by atoms with Crippen molar-refractivity contribution in [2.45, 2.75) is 20.0 Å². The molecule has 0 saturated carbocycles. The Hall–Kier alpha value is -3.02. The average molecular weight is 358 g/mol. The molecule has 26 heavy (non-hydrogen) atoms. The first-order chi connectivity index (χ1) is 12.5. The monoisotopic (exact) mass is 358 g/mol. The Kier molecular flexibility index (Phi) is 6.60. The van der Waals surface area contributed by atoms with Crippen LogP contribution < -0.4 is 14.2 Å². The minimum Gasteiger partial charge on any atom is -0.497 e. The maximum atomic E-state index is 12.5. The maximum absolute atomic E-state index is 12.5. The third-order valence-corrected chi connectivity index (χ3v) is 3.73. The molecule has 6 nitrogen and oxygen atoms in total. The van der Waals surface area contributed by atoms with Gasteiger partial charge >= 0.3 is 5.97 Å². The van der Waals surface area contributed by atoms with Gasteiger partial charge in [-0.3, -0.25) is 4.79 Å². The first-order valence-corrected chi connectivity index (χ1v) is 8.20. The number of methoxy groups -OCH3 is 2. The molecule has 0 spiro atoms. The number of Topliss-reactive ketones (excluding diaryl/α,β-unsaturated/α-hetero) is 1. The van der Waals surface area contributed by atoms with E-state index in [2.05, 4.69) is 0 Å². The Labute approximate surface area is 152 Å². The molecule has 6 heteroatoms. The van der Waals surface area contributed by atoms with Crippen molar-refractivity contribution >= 4 is 11.8 Å². The molecule has 0 fully saturated rings. The lowest BCUT2D eigenvalue weighted by molar-refractivity contribution is 0.0315. The summed E-state index contributed by atoms with van der Waals surface area (Å²) in [5, 5.41) is 0. The van der Waals surface area contributed by atoms with E-state index < -0.39 is 12.1 Å². The summed E-state index contributed by atoms with van der Waals surface area (Å²) in [4.78, 5) is 24.9. The first kappa shape index (κ1) is 19.3. The summed E-state index contributed by atoms with van der Waals surface area (Å²) >= 11 is 0. The zero-order chi connectivity index (χ0) is 19.1. The summed E-state index contributed by atoms with van der Waals surface area (Å²) in [6.45, 7) is 3.96. The highest BCUT2D eigenvalue weighted by atomic mass is 16.5. The molecule has 0 aliphatic rings.